The number of hydrogen-bond donors (Lipinski definition) is 1. The highest BCUT2D eigenvalue weighted by Gasteiger charge is 2.60. The fourth-order valence-electron chi connectivity index (χ4n) is 2.27. The minimum atomic E-state index is -4.72. The van der Waals surface area contributed by atoms with Gasteiger partial charge in [0.1, 0.15) is 0 Å². The van der Waals surface area contributed by atoms with Crippen molar-refractivity contribution in [1.82, 2.24) is 5.32 Å². The first-order valence-corrected chi connectivity index (χ1v) is 5.32. The lowest BCUT2D eigenvalue weighted by Crippen LogP contribution is -2.49. The molecular formula is C10H17F4N. The Morgan fingerprint density at radius 1 is 1.33 bits per heavy atom. The van der Waals surface area contributed by atoms with E-state index in [-0.39, 0.29) is 12.8 Å². The van der Waals surface area contributed by atoms with Crippen LogP contribution in [0.3, 0.4) is 0 Å². The molecule has 1 nitrogen and oxygen atoms in total. The van der Waals surface area contributed by atoms with Crippen molar-refractivity contribution in [2.24, 2.45) is 5.92 Å². The van der Waals surface area contributed by atoms with Crippen molar-refractivity contribution in [1.29, 1.82) is 0 Å². The molecule has 15 heavy (non-hydrogen) atoms. The van der Waals surface area contributed by atoms with E-state index in [0.29, 0.717) is 25.8 Å². The van der Waals surface area contributed by atoms with Crippen LogP contribution in [0.5, 0.6) is 0 Å². The van der Waals surface area contributed by atoms with E-state index in [1.165, 1.54) is 0 Å². The first-order chi connectivity index (χ1) is 6.92. The summed E-state index contributed by atoms with van der Waals surface area (Å²) in [6, 6.07) is 0. The monoisotopic (exact) mass is 227 g/mol. The van der Waals surface area contributed by atoms with Gasteiger partial charge in [0.2, 0.25) is 5.67 Å². The summed E-state index contributed by atoms with van der Waals surface area (Å²) in [4.78, 5) is 0. The van der Waals surface area contributed by atoms with Crippen molar-refractivity contribution in [3.05, 3.63) is 0 Å². The lowest BCUT2D eigenvalue weighted by molar-refractivity contribution is -0.258. The molecule has 2 unspecified atom stereocenters. The van der Waals surface area contributed by atoms with E-state index in [4.69, 9.17) is 0 Å². The zero-order valence-electron chi connectivity index (χ0n) is 8.83. The summed E-state index contributed by atoms with van der Waals surface area (Å²) in [5.74, 6) is -0.876. The fourth-order valence-corrected chi connectivity index (χ4v) is 2.27. The third-order valence-corrected chi connectivity index (χ3v) is 3.20. The number of hydrogen-bond acceptors (Lipinski definition) is 1. The Kier molecular flexibility index (Phi) is 3.98. The molecule has 1 rings (SSSR count). The maximum absolute atomic E-state index is 13.9. The van der Waals surface area contributed by atoms with E-state index in [9.17, 15) is 17.6 Å². The van der Waals surface area contributed by atoms with Gasteiger partial charge in [-0.2, -0.15) is 13.2 Å². The highest BCUT2D eigenvalue weighted by atomic mass is 19.4. The third-order valence-electron chi connectivity index (χ3n) is 3.20. The van der Waals surface area contributed by atoms with Crippen LogP contribution >= 0.6 is 0 Å². The maximum atomic E-state index is 13.9. The number of rotatable bonds is 3. The van der Waals surface area contributed by atoms with Gasteiger partial charge in [-0.1, -0.05) is 6.42 Å². The van der Waals surface area contributed by atoms with Gasteiger partial charge in [0.15, 0.2) is 0 Å². The van der Waals surface area contributed by atoms with Gasteiger partial charge in [-0.25, -0.2) is 4.39 Å². The average molecular weight is 227 g/mol. The minimum Gasteiger partial charge on any atom is -0.320 e. The van der Waals surface area contributed by atoms with Crippen molar-refractivity contribution in [2.45, 2.75) is 43.9 Å². The fraction of sp³-hybridized carbons (Fsp3) is 1.00. The molecule has 1 aliphatic rings. The molecule has 0 heterocycles. The van der Waals surface area contributed by atoms with E-state index in [0.717, 1.165) is 0 Å². The lowest BCUT2D eigenvalue weighted by atomic mass is 9.74. The molecule has 2 atom stereocenters. The number of nitrogens with one attached hydrogen (secondary N) is 1. The van der Waals surface area contributed by atoms with Crippen LogP contribution in [0.25, 0.3) is 0 Å². The topological polar surface area (TPSA) is 12.0 Å². The Labute approximate surface area is 87.2 Å². The molecule has 90 valence electrons. The van der Waals surface area contributed by atoms with Gasteiger partial charge in [-0.3, -0.25) is 0 Å². The normalized spacial score (nSPS) is 33.0. The summed E-state index contributed by atoms with van der Waals surface area (Å²) in [6.45, 7) is 0.437. The van der Waals surface area contributed by atoms with E-state index < -0.39 is 17.8 Å². The van der Waals surface area contributed by atoms with Crippen LogP contribution in [0, 0.1) is 5.92 Å². The van der Waals surface area contributed by atoms with Crippen LogP contribution in [0.4, 0.5) is 17.6 Å². The molecule has 0 bridgehead atoms. The summed E-state index contributed by atoms with van der Waals surface area (Å²) >= 11 is 0. The second-order valence-electron chi connectivity index (χ2n) is 4.20. The van der Waals surface area contributed by atoms with Gasteiger partial charge in [0.05, 0.1) is 0 Å². The van der Waals surface area contributed by atoms with E-state index in [1.54, 1.807) is 7.05 Å². The molecule has 1 saturated carbocycles. The van der Waals surface area contributed by atoms with Crippen LogP contribution in [0.2, 0.25) is 0 Å². The summed E-state index contributed by atoms with van der Waals surface area (Å²) in [5, 5.41) is 2.77. The van der Waals surface area contributed by atoms with Gasteiger partial charge in [-0.05, 0) is 39.3 Å². The van der Waals surface area contributed by atoms with Gasteiger partial charge >= 0.3 is 6.18 Å². The molecule has 0 radical (unpaired) electrons. The Morgan fingerprint density at radius 2 is 2.00 bits per heavy atom. The van der Waals surface area contributed by atoms with Gasteiger partial charge in [0.25, 0.3) is 0 Å². The van der Waals surface area contributed by atoms with Gasteiger partial charge in [-0.15, -0.1) is 0 Å². The van der Waals surface area contributed by atoms with Crippen molar-refractivity contribution >= 4 is 0 Å². The van der Waals surface area contributed by atoms with Crippen molar-refractivity contribution < 1.29 is 17.6 Å². The van der Waals surface area contributed by atoms with Crippen LogP contribution in [-0.4, -0.2) is 25.4 Å². The van der Waals surface area contributed by atoms with Crippen LogP contribution in [0.1, 0.15) is 32.1 Å². The van der Waals surface area contributed by atoms with Crippen LogP contribution in [-0.2, 0) is 0 Å². The zero-order chi connectivity index (χ0) is 11.5. The summed E-state index contributed by atoms with van der Waals surface area (Å²) < 4.78 is 51.7. The Morgan fingerprint density at radius 3 is 2.53 bits per heavy atom. The number of halogens is 4. The largest absolute Gasteiger partial charge is 0.422 e. The first-order valence-electron chi connectivity index (χ1n) is 5.32. The van der Waals surface area contributed by atoms with Crippen LogP contribution < -0.4 is 5.32 Å². The molecule has 1 fully saturated rings. The maximum Gasteiger partial charge on any atom is 0.422 e. The second-order valence-corrected chi connectivity index (χ2v) is 4.20. The molecule has 0 spiro atoms. The summed E-state index contributed by atoms with van der Waals surface area (Å²) in [6.07, 6.45) is -3.44. The Balaban J connectivity index is 2.72. The van der Waals surface area contributed by atoms with Crippen molar-refractivity contribution in [2.75, 3.05) is 13.6 Å². The molecule has 1 N–H and O–H groups in total. The lowest BCUT2D eigenvalue weighted by Gasteiger charge is -2.39. The van der Waals surface area contributed by atoms with Crippen molar-refractivity contribution in [3.63, 3.8) is 0 Å². The Bertz CT molecular complexity index is 204. The van der Waals surface area contributed by atoms with E-state index >= 15 is 0 Å². The zero-order valence-corrected chi connectivity index (χ0v) is 8.83. The molecule has 0 saturated heterocycles. The molecule has 0 amide bonds. The van der Waals surface area contributed by atoms with Gasteiger partial charge < -0.3 is 5.32 Å². The molecule has 5 heteroatoms. The van der Waals surface area contributed by atoms with Crippen molar-refractivity contribution in [3.8, 4) is 0 Å². The average Bonchev–Trinajstić information content (AvgIpc) is 2.15. The SMILES string of the molecule is CNCCC1CCCCC1(F)C(F)(F)F. The van der Waals surface area contributed by atoms with E-state index in [1.807, 2.05) is 0 Å². The molecule has 0 aliphatic heterocycles. The predicted octanol–water partition coefficient (Wildman–Crippen LogP) is 3.06. The van der Waals surface area contributed by atoms with Gasteiger partial charge in [0, 0.05) is 5.92 Å². The predicted molar refractivity (Wildman–Crippen MR) is 50.4 cm³/mol. The molecule has 0 aromatic heterocycles. The standard InChI is InChI=1S/C10H17F4N/c1-15-7-5-8-4-2-3-6-9(8,11)10(12,13)14/h8,15H,2-7H2,1H3. The Hall–Kier alpha value is -0.320. The summed E-state index contributed by atoms with van der Waals surface area (Å²) in [7, 11) is 1.66. The molecular weight excluding hydrogens is 210 g/mol. The molecule has 1 aliphatic carbocycles. The quantitative estimate of drug-likeness (QED) is 0.731. The third kappa shape index (κ3) is 2.62. The summed E-state index contributed by atoms with van der Waals surface area (Å²) in [5.41, 5.74) is -2.96. The van der Waals surface area contributed by atoms with E-state index in [2.05, 4.69) is 5.32 Å². The highest BCUT2D eigenvalue weighted by molar-refractivity contribution is 4.96. The molecule has 0 aromatic rings. The molecule has 0 aromatic carbocycles. The number of alkyl halides is 4. The smallest absolute Gasteiger partial charge is 0.320 e. The first kappa shape index (κ1) is 12.7. The van der Waals surface area contributed by atoms with Crippen LogP contribution in [0.15, 0.2) is 0 Å². The second kappa shape index (κ2) is 4.68. The highest BCUT2D eigenvalue weighted by Crippen LogP contribution is 2.49. The minimum absolute atomic E-state index is 0.256.